The Balaban J connectivity index is 1.63. The fourth-order valence-corrected chi connectivity index (χ4v) is 2.98. The summed E-state index contributed by atoms with van der Waals surface area (Å²) in [7, 11) is 3.10. The molecule has 2 aromatic carbocycles. The fourth-order valence-electron chi connectivity index (χ4n) is 2.98. The Morgan fingerprint density at radius 2 is 1.54 bits per heavy atom. The molecule has 3 rings (SSSR count). The van der Waals surface area contributed by atoms with Crippen LogP contribution >= 0.6 is 0 Å². The van der Waals surface area contributed by atoms with Crippen LogP contribution in [0.15, 0.2) is 42.5 Å². The number of para-hydroxylation sites is 1. The van der Waals surface area contributed by atoms with Gasteiger partial charge in [-0.3, -0.25) is 0 Å². The highest BCUT2D eigenvalue weighted by Gasteiger charge is 2.23. The van der Waals surface area contributed by atoms with Crippen LogP contribution in [0.3, 0.4) is 0 Å². The van der Waals surface area contributed by atoms with Crippen LogP contribution in [0.1, 0.15) is 0 Å². The lowest BCUT2D eigenvalue weighted by Gasteiger charge is -2.36. The maximum Gasteiger partial charge on any atom is 0.322 e. The average molecular weight is 359 g/mol. The van der Waals surface area contributed by atoms with E-state index in [9.17, 15) is 9.18 Å². The van der Waals surface area contributed by atoms with Gasteiger partial charge in [-0.25, -0.2) is 9.18 Å². The number of hydrogen-bond acceptors (Lipinski definition) is 4. The van der Waals surface area contributed by atoms with Gasteiger partial charge in [-0.2, -0.15) is 0 Å². The number of ether oxygens (including phenoxy) is 2. The number of urea groups is 1. The SMILES string of the molecule is COc1cccc(OC)c1NC(=O)N1CCN(c2ccc(F)cc2)CC1. The Morgan fingerprint density at radius 1 is 0.962 bits per heavy atom. The number of nitrogens with zero attached hydrogens (tertiary/aromatic N) is 2. The molecule has 0 saturated carbocycles. The number of hydrogen-bond donors (Lipinski definition) is 1. The van der Waals surface area contributed by atoms with Gasteiger partial charge in [0.15, 0.2) is 0 Å². The highest BCUT2D eigenvalue weighted by molar-refractivity contribution is 5.93. The molecule has 138 valence electrons. The summed E-state index contributed by atoms with van der Waals surface area (Å²) in [6.07, 6.45) is 0. The molecular formula is C19H22FN3O3. The number of methoxy groups -OCH3 is 2. The quantitative estimate of drug-likeness (QED) is 0.911. The smallest absolute Gasteiger partial charge is 0.322 e. The highest BCUT2D eigenvalue weighted by atomic mass is 19.1. The third-order valence-corrected chi connectivity index (χ3v) is 4.42. The molecule has 1 heterocycles. The van der Waals surface area contributed by atoms with Crippen LogP contribution in [0.2, 0.25) is 0 Å². The first-order valence-electron chi connectivity index (χ1n) is 8.40. The topological polar surface area (TPSA) is 54.0 Å². The summed E-state index contributed by atoms with van der Waals surface area (Å²) in [5.41, 5.74) is 1.47. The standard InChI is InChI=1S/C19H22FN3O3/c1-25-16-4-3-5-17(26-2)18(16)21-19(24)23-12-10-22(11-13-23)15-8-6-14(20)7-9-15/h3-9H,10-13H2,1-2H3,(H,21,24). The number of carbonyl (C=O) groups is 1. The van der Waals surface area contributed by atoms with Crippen LogP contribution in [-0.4, -0.2) is 51.3 Å². The summed E-state index contributed by atoms with van der Waals surface area (Å²) < 4.78 is 23.7. The van der Waals surface area contributed by atoms with Crippen molar-refractivity contribution in [3.63, 3.8) is 0 Å². The fraction of sp³-hybridized carbons (Fsp3) is 0.316. The maximum absolute atomic E-state index is 13.1. The first-order valence-corrected chi connectivity index (χ1v) is 8.40. The number of nitrogens with one attached hydrogen (secondary N) is 1. The van der Waals surface area contributed by atoms with Gasteiger partial charge in [0.2, 0.25) is 0 Å². The van der Waals surface area contributed by atoms with Gasteiger partial charge in [0.1, 0.15) is 23.0 Å². The lowest BCUT2D eigenvalue weighted by molar-refractivity contribution is 0.208. The third kappa shape index (κ3) is 3.82. The molecule has 1 N–H and O–H groups in total. The van der Waals surface area contributed by atoms with Gasteiger partial charge < -0.3 is 24.6 Å². The predicted octanol–water partition coefficient (Wildman–Crippen LogP) is 3.20. The Kier molecular flexibility index (Phi) is 5.46. The van der Waals surface area contributed by atoms with Gasteiger partial charge in [-0.15, -0.1) is 0 Å². The molecule has 0 aromatic heterocycles. The van der Waals surface area contributed by atoms with Gasteiger partial charge in [0, 0.05) is 31.9 Å². The molecule has 1 saturated heterocycles. The summed E-state index contributed by atoms with van der Waals surface area (Å²) in [5, 5.41) is 2.88. The second-order valence-corrected chi connectivity index (χ2v) is 5.92. The molecule has 0 bridgehead atoms. The van der Waals surface area contributed by atoms with Crippen molar-refractivity contribution in [2.75, 3.05) is 50.6 Å². The highest BCUT2D eigenvalue weighted by Crippen LogP contribution is 2.34. The van der Waals surface area contributed by atoms with Crippen LogP contribution < -0.4 is 19.7 Å². The van der Waals surface area contributed by atoms with E-state index in [1.165, 1.54) is 12.1 Å². The number of halogens is 1. The number of carbonyl (C=O) groups excluding carboxylic acids is 1. The first kappa shape index (κ1) is 17.8. The Morgan fingerprint density at radius 3 is 2.08 bits per heavy atom. The van der Waals surface area contributed by atoms with Crippen LogP contribution in [0.4, 0.5) is 20.6 Å². The second kappa shape index (κ2) is 7.95. The summed E-state index contributed by atoms with van der Waals surface area (Å²) in [4.78, 5) is 16.5. The zero-order chi connectivity index (χ0) is 18.5. The van der Waals surface area contributed by atoms with Crippen molar-refractivity contribution in [1.29, 1.82) is 0 Å². The van der Waals surface area contributed by atoms with E-state index in [0.29, 0.717) is 43.4 Å². The van der Waals surface area contributed by atoms with Gasteiger partial charge >= 0.3 is 6.03 Å². The zero-order valence-electron chi connectivity index (χ0n) is 14.9. The van der Waals surface area contributed by atoms with Crippen molar-refractivity contribution in [2.24, 2.45) is 0 Å². The molecule has 7 heteroatoms. The predicted molar refractivity (Wildman–Crippen MR) is 98.8 cm³/mol. The maximum atomic E-state index is 13.1. The minimum Gasteiger partial charge on any atom is -0.494 e. The van der Waals surface area contributed by atoms with Crippen molar-refractivity contribution in [3.05, 3.63) is 48.3 Å². The summed E-state index contributed by atoms with van der Waals surface area (Å²) in [6.45, 7) is 2.51. The van der Waals surface area contributed by atoms with E-state index in [0.717, 1.165) is 5.69 Å². The number of piperazine rings is 1. The van der Waals surface area contributed by atoms with Crippen LogP contribution in [0.5, 0.6) is 11.5 Å². The molecule has 26 heavy (non-hydrogen) atoms. The van der Waals surface area contributed by atoms with Gasteiger partial charge in [-0.1, -0.05) is 6.07 Å². The van der Waals surface area contributed by atoms with Crippen molar-refractivity contribution in [1.82, 2.24) is 4.90 Å². The van der Waals surface area contributed by atoms with E-state index in [1.807, 2.05) is 0 Å². The first-order chi connectivity index (χ1) is 12.6. The van der Waals surface area contributed by atoms with Crippen LogP contribution in [-0.2, 0) is 0 Å². The third-order valence-electron chi connectivity index (χ3n) is 4.42. The zero-order valence-corrected chi connectivity index (χ0v) is 14.9. The van der Waals surface area contributed by atoms with E-state index in [2.05, 4.69) is 10.2 Å². The van der Waals surface area contributed by atoms with E-state index < -0.39 is 0 Å². The van der Waals surface area contributed by atoms with E-state index in [4.69, 9.17) is 9.47 Å². The average Bonchev–Trinajstić information content (AvgIpc) is 2.68. The van der Waals surface area contributed by atoms with Gasteiger partial charge in [0.25, 0.3) is 0 Å². The van der Waals surface area contributed by atoms with Crippen molar-refractivity contribution in [3.8, 4) is 11.5 Å². The monoisotopic (exact) mass is 359 g/mol. The Hall–Kier alpha value is -2.96. The molecule has 2 amide bonds. The second-order valence-electron chi connectivity index (χ2n) is 5.92. The summed E-state index contributed by atoms with van der Waals surface area (Å²) in [6, 6.07) is 11.5. The molecule has 1 fully saturated rings. The number of amides is 2. The van der Waals surface area contributed by atoms with Crippen molar-refractivity contribution >= 4 is 17.4 Å². The number of rotatable bonds is 4. The molecule has 1 aliphatic heterocycles. The van der Waals surface area contributed by atoms with Crippen molar-refractivity contribution in [2.45, 2.75) is 0 Å². The number of anilines is 2. The Bertz CT molecular complexity index is 737. The number of benzene rings is 2. The van der Waals surface area contributed by atoms with Gasteiger partial charge in [0.05, 0.1) is 14.2 Å². The largest absolute Gasteiger partial charge is 0.494 e. The molecule has 0 aliphatic carbocycles. The van der Waals surface area contributed by atoms with E-state index >= 15 is 0 Å². The minimum absolute atomic E-state index is 0.202. The van der Waals surface area contributed by atoms with Gasteiger partial charge in [-0.05, 0) is 36.4 Å². The normalized spacial score (nSPS) is 14.1. The molecule has 0 atom stereocenters. The lowest BCUT2D eigenvalue weighted by Crippen LogP contribution is -2.50. The molecule has 0 spiro atoms. The lowest BCUT2D eigenvalue weighted by atomic mass is 10.2. The van der Waals surface area contributed by atoms with Crippen LogP contribution in [0, 0.1) is 5.82 Å². The Labute approximate surface area is 152 Å². The van der Waals surface area contributed by atoms with E-state index in [-0.39, 0.29) is 11.8 Å². The van der Waals surface area contributed by atoms with Crippen molar-refractivity contribution < 1.29 is 18.7 Å². The van der Waals surface area contributed by atoms with E-state index in [1.54, 1.807) is 49.5 Å². The summed E-state index contributed by atoms with van der Waals surface area (Å²) >= 11 is 0. The molecule has 2 aromatic rings. The molecular weight excluding hydrogens is 337 g/mol. The molecule has 0 radical (unpaired) electrons. The summed E-state index contributed by atoms with van der Waals surface area (Å²) in [5.74, 6) is 0.836. The molecule has 6 nitrogen and oxygen atoms in total. The molecule has 1 aliphatic rings. The molecule has 0 unspecified atom stereocenters. The minimum atomic E-state index is -0.252. The van der Waals surface area contributed by atoms with Crippen LogP contribution in [0.25, 0.3) is 0 Å².